The van der Waals surface area contributed by atoms with E-state index < -0.39 is 0 Å². The molecule has 0 saturated carbocycles. The van der Waals surface area contributed by atoms with E-state index in [1.165, 1.54) is 20.5 Å². The molecule has 2 aromatic rings. The zero-order chi connectivity index (χ0) is 12.0. The summed E-state index contributed by atoms with van der Waals surface area (Å²) in [5.74, 6) is 0. The van der Waals surface area contributed by atoms with Crippen molar-refractivity contribution in [1.29, 1.82) is 0 Å². The third-order valence-electron chi connectivity index (χ3n) is 2.26. The van der Waals surface area contributed by atoms with Gasteiger partial charge in [0.2, 0.25) is 0 Å². The van der Waals surface area contributed by atoms with E-state index in [-0.39, 0.29) is 0 Å². The van der Waals surface area contributed by atoms with Crippen LogP contribution in [0.2, 0.25) is 0 Å². The maximum atomic E-state index is 3.68. The van der Waals surface area contributed by atoms with Gasteiger partial charge in [0.05, 0.1) is 0 Å². The van der Waals surface area contributed by atoms with Gasteiger partial charge in [-0.2, -0.15) is 0 Å². The molecule has 2 rings (SSSR count). The molecule has 0 fully saturated rings. The summed E-state index contributed by atoms with van der Waals surface area (Å²) >= 11 is 1.83. The second-order valence-corrected chi connectivity index (χ2v) is 4.27. The molecule has 0 aliphatic carbocycles. The molecule has 0 nitrogen and oxygen atoms in total. The first-order valence-electron chi connectivity index (χ1n) is 5.60. The van der Waals surface area contributed by atoms with E-state index in [9.17, 15) is 0 Å². The van der Waals surface area contributed by atoms with Gasteiger partial charge in [-0.3, -0.25) is 0 Å². The monoisotopic (exact) mass is 230 g/mol. The normalized spacial score (nSPS) is 10.2. The predicted octanol–water partition coefficient (Wildman–Crippen LogP) is 5.44. The molecule has 0 N–H and O–H groups in total. The molecule has 0 spiro atoms. The number of aryl methyl sites for hydroxylation is 1. The average molecular weight is 230 g/mol. The maximum absolute atomic E-state index is 3.68. The second-order valence-electron chi connectivity index (χ2n) is 3.18. The zero-order valence-electron chi connectivity index (χ0n) is 10.2. The van der Waals surface area contributed by atoms with Crippen LogP contribution in [0.25, 0.3) is 16.2 Å². The van der Waals surface area contributed by atoms with Gasteiger partial charge in [-0.15, -0.1) is 11.3 Å². The lowest BCUT2D eigenvalue weighted by molar-refractivity contribution is 1.50. The van der Waals surface area contributed by atoms with Crippen molar-refractivity contribution in [3.05, 3.63) is 53.4 Å². The first kappa shape index (κ1) is 12.7. The Morgan fingerprint density at radius 3 is 2.50 bits per heavy atom. The highest BCUT2D eigenvalue weighted by molar-refractivity contribution is 7.20. The molecule has 1 heterocycles. The van der Waals surface area contributed by atoms with Crippen molar-refractivity contribution in [2.45, 2.75) is 20.8 Å². The highest BCUT2D eigenvalue weighted by Gasteiger charge is 2.03. The smallest absolute Gasteiger partial charge is 0.0351 e. The molecule has 0 aliphatic heterocycles. The van der Waals surface area contributed by atoms with Crippen LogP contribution in [-0.4, -0.2) is 0 Å². The van der Waals surface area contributed by atoms with E-state index >= 15 is 0 Å². The van der Waals surface area contributed by atoms with Gasteiger partial charge in [0.1, 0.15) is 0 Å². The summed E-state index contributed by atoms with van der Waals surface area (Å²) in [6.07, 6.45) is 5.91. The topological polar surface area (TPSA) is 0 Å². The van der Waals surface area contributed by atoms with Gasteiger partial charge >= 0.3 is 0 Å². The minimum absolute atomic E-state index is 1.33. The fourth-order valence-corrected chi connectivity index (χ4v) is 2.63. The lowest BCUT2D eigenvalue weighted by atomic mass is 10.1. The fourth-order valence-electron chi connectivity index (χ4n) is 1.51. The van der Waals surface area contributed by atoms with Crippen molar-refractivity contribution in [3.63, 3.8) is 0 Å². The molecule has 84 valence electrons. The minimum Gasteiger partial charge on any atom is -0.136 e. The van der Waals surface area contributed by atoms with E-state index in [1.54, 1.807) is 0 Å². The number of hydrogen-bond acceptors (Lipinski definition) is 1. The summed E-state index contributed by atoms with van der Waals surface area (Å²) in [6, 6.07) is 8.51. The van der Waals surface area contributed by atoms with Crippen LogP contribution in [-0.2, 0) is 0 Å². The number of benzene rings is 1. The van der Waals surface area contributed by atoms with Crippen molar-refractivity contribution in [3.8, 4) is 0 Å². The van der Waals surface area contributed by atoms with Crippen LogP contribution in [0.15, 0.2) is 43.0 Å². The van der Waals surface area contributed by atoms with Gasteiger partial charge in [0.15, 0.2) is 0 Å². The van der Waals surface area contributed by atoms with Crippen LogP contribution in [0.3, 0.4) is 0 Å². The van der Waals surface area contributed by atoms with Gasteiger partial charge in [-0.05, 0) is 30.0 Å². The van der Waals surface area contributed by atoms with Crippen molar-refractivity contribution < 1.29 is 0 Å². The number of allylic oxidation sites excluding steroid dienone is 2. The molecule has 0 amide bonds. The number of fused-ring (bicyclic) bond motifs is 1. The lowest BCUT2D eigenvalue weighted by Crippen LogP contribution is -1.69. The zero-order valence-corrected chi connectivity index (χ0v) is 11.0. The summed E-state index contributed by atoms with van der Waals surface area (Å²) in [7, 11) is 0. The fraction of sp³-hybridized carbons (Fsp3) is 0.200. The predicted molar refractivity (Wildman–Crippen MR) is 77.1 cm³/mol. The van der Waals surface area contributed by atoms with Crippen LogP contribution in [0, 0.1) is 6.92 Å². The largest absolute Gasteiger partial charge is 0.136 e. The van der Waals surface area contributed by atoms with Crippen molar-refractivity contribution in [2.75, 3.05) is 0 Å². The van der Waals surface area contributed by atoms with Crippen LogP contribution < -0.4 is 0 Å². The quantitative estimate of drug-likeness (QED) is 0.603. The molecule has 0 saturated heterocycles. The molecule has 0 unspecified atom stereocenters. The van der Waals surface area contributed by atoms with E-state index in [0.29, 0.717) is 0 Å². The summed E-state index contributed by atoms with van der Waals surface area (Å²) in [5.41, 5.74) is 1.36. The van der Waals surface area contributed by atoms with Gasteiger partial charge in [0.25, 0.3) is 0 Å². The van der Waals surface area contributed by atoms with E-state index in [0.717, 1.165) is 0 Å². The molecule has 0 radical (unpaired) electrons. The Hall–Kier alpha value is -1.34. The molecule has 0 aliphatic rings. The number of rotatable bonds is 2. The van der Waals surface area contributed by atoms with Gasteiger partial charge in [-0.25, -0.2) is 0 Å². The third-order valence-corrected chi connectivity index (χ3v) is 3.50. The van der Waals surface area contributed by atoms with Crippen molar-refractivity contribution in [2.24, 2.45) is 0 Å². The highest BCUT2D eigenvalue weighted by atomic mass is 32.1. The Balaban J connectivity index is 0.000000606. The Labute approximate surface area is 102 Å². The molecule has 0 bridgehead atoms. The number of hydrogen-bond donors (Lipinski definition) is 0. The summed E-state index contributed by atoms with van der Waals surface area (Å²) < 4.78 is 1.36. The van der Waals surface area contributed by atoms with E-state index in [2.05, 4.69) is 43.8 Å². The summed E-state index contributed by atoms with van der Waals surface area (Å²) in [4.78, 5) is 1.33. The Kier molecular flexibility index (Phi) is 5.00. The van der Waals surface area contributed by atoms with E-state index in [4.69, 9.17) is 0 Å². The molecular weight excluding hydrogens is 212 g/mol. The van der Waals surface area contributed by atoms with Crippen molar-refractivity contribution >= 4 is 27.5 Å². The molecule has 16 heavy (non-hydrogen) atoms. The van der Waals surface area contributed by atoms with Gasteiger partial charge < -0.3 is 0 Å². The number of thiophene rings is 1. The summed E-state index contributed by atoms with van der Waals surface area (Å²) in [6.45, 7) is 9.85. The van der Waals surface area contributed by atoms with Crippen LogP contribution >= 0.6 is 11.3 Å². The lowest BCUT2D eigenvalue weighted by Gasteiger charge is -1.89. The average Bonchev–Trinajstić information content (AvgIpc) is 2.67. The molecule has 1 aromatic carbocycles. The van der Waals surface area contributed by atoms with Gasteiger partial charge in [-0.1, -0.05) is 50.8 Å². The third kappa shape index (κ3) is 2.61. The molecular formula is C15H18S. The second kappa shape index (κ2) is 6.29. The molecule has 0 atom stereocenters. The van der Waals surface area contributed by atoms with E-state index in [1.807, 2.05) is 37.3 Å². The first-order valence-corrected chi connectivity index (χ1v) is 6.42. The molecule has 1 aromatic heterocycles. The van der Waals surface area contributed by atoms with Crippen molar-refractivity contribution in [1.82, 2.24) is 0 Å². The van der Waals surface area contributed by atoms with Crippen LogP contribution in [0.4, 0.5) is 0 Å². The first-order chi connectivity index (χ1) is 7.83. The van der Waals surface area contributed by atoms with Crippen LogP contribution in [0.5, 0.6) is 0 Å². The Morgan fingerprint density at radius 2 is 1.88 bits per heavy atom. The SMILES string of the molecule is C=C/C=C\c1sc2ccccc2c1C.CC. The van der Waals surface area contributed by atoms with Gasteiger partial charge in [0, 0.05) is 9.58 Å². The van der Waals surface area contributed by atoms with Crippen LogP contribution in [0.1, 0.15) is 24.3 Å². The molecule has 1 heteroatoms. The standard InChI is InChI=1S/C13H12S.C2H6/c1-3-4-8-12-10(2)11-7-5-6-9-13(11)14-12;1-2/h3-9H,1H2,2H3;1-2H3/b8-4-;. The Morgan fingerprint density at radius 1 is 1.19 bits per heavy atom. The minimum atomic E-state index is 1.33. The Bertz CT molecular complexity index is 489. The highest BCUT2D eigenvalue weighted by Crippen LogP contribution is 2.31. The summed E-state index contributed by atoms with van der Waals surface area (Å²) in [5, 5.41) is 1.36. The maximum Gasteiger partial charge on any atom is 0.0351 e.